The number of amides is 1. The van der Waals surface area contributed by atoms with Gasteiger partial charge >= 0.3 is 0 Å². The minimum absolute atomic E-state index is 0.171. The van der Waals surface area contributed by atoms with Crippen LogP contribution in [0.2, 0.25) is 0 Å². The van der Waals surface area contributed by atoms with Gasteiger partial charge in [-0.15, -0.1) is 0 Å². The Kier molecular flexibility index (Phi) is 7.94. The maximum absolute atomic E-state index is 12.1. The Bertz CT molecular complexity index is 775. The molecule has 0 saturated carbocycles. The lowest BCUT2D eigenvalue weighted by atomic mass is 10.1. The summed E-state index contributed by atoms with van der Waals surface area (Å²) >= 11 is 10.1. The Balaban J connectivity index is 1.88. The van der Waals surface area contributed by atoms with Crippen LogP contribution in [0.5, 0.6) is 11.5 Å². The van der Waals surface area contributed by atoms with Gasteiger partial charge in [0, 0.05) is 13.0 Å². The monoisotopic (exact) mass is 549 g/mol. The van der Waals surface area contributed by atoms with E-state index < -0.39 is 12.0 Å². The molecule has 26 heavy (non-hydrogen) atoms. The first-order valence-corrected chi connectivity index (χ1v) is 10.1. The van der Waals surface area contributed by atoms with Crippen LogP contribution in [-0.2, 0) is 17.6 Å². The number of nitrogens with one attached hydrogen (secondary N) is 1. The third-order valence-electron chi connectivity index (χ3n) is 3.72. The summed E-state index contributed by atoms with van der Waals surface area (Å²) in [5.74, 6) is 0.406. The summed E-state index contributed by atoms with van der Waals surface area (Å²) < 4.78 is 7.34. The average molecular weight is 552 g/mol. The Morgan fingerprint density at radius 2 is 1.73 bits per heavy atom. The predicted molar refractivity (Wildman–Crippen MR) is 111 cm³/mol. The molecule has 0 bridgehead atoms. The molecule has 0 heterocycles. The minimum atomic E-state index is -1.14. The number of methoxy groups -OCH3 is 1. The zero-order valence-corrected chi connectivity index (χ0v) is 18.7. The molecule has 140 valence electrons. The molecule has 0 saturated heterocycles. The second-order valence-corrected chi connectivity index (χ2v) is 8.20. The van der Waals surface area contributed by atoms with Crippen molar-refractivity contribution >= 4 is 53.7 Å². The van der Waals surface area contributed by atoms with E-state index in [-0.39, 0.29) is 12.2 Å². The number of aromatic hydroxyl groups is 1. The van der Waals surface area contributed by atoms with Crippen molar-refractivity contribution in [2.45, 2.75) is 18.9 Å². The lowest BCUT2D eigenvalue weighted by Gasteiger charge is -2.14. The third kappa shape index (κ3) is 5.70. The Hall–Kier alpha value is -1.09. The molecule has 0 aliphatic rings. The van der Waals surface area contributed by atoms with Gasteiger partial charge in [-0.3, -0.25) is 4.79 Å². The third-order valence-corrected chi connectivity index (χ3v) is 5.53. The van der Waals surface area contributed by atoms with Gasteiger partial charge in [0.2, 0.25) is 5.91 Å². The summed E-state index contributed by atoms with van der Waals surface area (Å²) in [6.07, 6.45) is -0.358. The van der Waals surface area contributed by atoms with Gasteiger partial charge in [0.25, 0.3) is 0 Å². The number of aliphatic hydroxyl groups excluding tert-OH is 1. The van der Waals surface area contributed by atoms with Gasteiger partial charge in [-0.1, -0.05) is 6.07 Å². The zero-order valence-electron chi connectivity index (χ0n) is 13.9. The van der Waals surface area contributed by atoms with Gasteiger partial charge in [0.15, 0.2) is 0 Å². The highest BCUT2D eigenvalue weighted by Crippen LogP contribution is 2.34. The number of ether oxygens (including phenoxy) is 1. The van der Waals surface area contributed by atoms with Crippen molar-refractivity contribution in [1.82, 2.24) is 5.32 Å². The molecule has 1 unspecified atom stereocenters. The van der Waals surface area contributed by atoms with E-state index in [0.717, 1.165) is 20.1 Å². The molecule has 8 heteroatoms. The fourth-order valence-electron chi connectivity index (χ4n) is 2.39. The van der Waals surface area contributed by atoms with E-state index in [9.17, 15) is 15.0 Å². The average Bonchev–Trinajstić information content (AvgIpc) is 2.57. The Morgan fingerprint density at radius 3 is 2.31 bits per heavy atom. The number of carbonyl (C=O) groups is 1. The molecule has 1 atom stereocenters. The van der Waals surface area contributed by atoms with Gasteiger partial charge in [-0.2, -0.15) is 0 Å². The molecule has 5 nitrogen and oxygen atoms in total. The van der Waals surface area contributed by atoms with Crippen LogP contribution in [0, 0.1) is 0 Å². The van der Waals surface area contributed by atoms with Crippen molar-refractivity contribution < 1.29 is 19.7 Å². The van der Waals surface area contributed by atoms with Crippen molar-refractivity contribution in [3.8, 4) is 11.5 Å². The maximum atomic E-state index is 12.1. The van der Waals surface area contributed by atoms with Gasteiger partial charge in [-0.25, -0.2) is 0 Å². The number of rotatable bonds is 7. The first kappa shape index (κ1) is 21.2. The second kappa shape index (κ2) is 9.73. The largest absolute Gasteiger partial charge is 0.507 e. The van der Waals surface area contributed by atoms with Crippen LogP contribution < -0.4 is 10.1 Å². The standard InChI is InChI=1S/C18H18Br3NO4/c1-26-17-13(20)7-11(8-14(17)21)9-16(24)18(25)22-5-4-10-2-3-15(23)12(19)6-10/h2-3,6-8,16,23-24H,4-5,9H2,1H3,(H,22,25). The van der Waals surface area contributed by atoms with Gasteiger partial charge in [-0.05, 0) is 89.6 Å². The summed E-state index contributed by atoms with van der Waals surface area (Å²) in [4.78, 5) is 12.1. The molecule has 1 amide bonds. The van der Waals surface area contributed by atoms with Crippen LogP contribution in [0.1, 0.15) is 11.1 Å². The van der Waals surface area contributed by atoms with Crippen molar-refractivity contribution in [2.24, 2.45) is 0 Å². The van der Waals surface area contributed by atoms with E-state index in [4.69, 9.17) is 4.74 Å². The van der Waals surface area contributed by atoms with E-state index in [1.54, 1.807) is 25.3 Å². The molecule has 2 aromatic carbocycles. The van der Waals surface area contributed by atoms with Crippen LogP contribution in [0.3, 0.4) is 0 Å². The minimum Gasteiger partial charge on any atom is -0.507 e. The summed E-state index contributed by atoms with van der Waals surface area (Å²) in [5, 5.41) is 22.3. The lowest BCUT2D eigenvalue weighted by Crippen LogP contribution is -2.37. The number of phenols is 1. The van der Waals surface area contributed by atoms with E-state index in [2.05, 4.69) is 53.1 Å². The molecule has 2 rings (SSSR count). The molecule has 0 radical (unpaired) electrons. The molecular formula is C18H18Br3NO4. The first-order valence-electron chi connectivity index (χ1n) is 7.77. The molecular weight excluding hydrogens is 534 g/mol. The zero-order chi connectivity index (χ0) is 19.3. The van der Waals surface area contributed by atoms with Crippen LogP contribution in [0.4, 0.5) is 0 Å². The van der Waals surface area contributed by atoms with Crippen molar-refractivity contribution in [3.05, 3.63) is 54.9 Å². The summed E-state index contributed by atoms with van der Waals surface area (Å²) in [6.45, 7) is 0.392. The van der Waals surface area contributed by atoms with Crippen molar-refractivity contribution in [2.75, 3.05) is 13.7 Å². The topological polar surface area (TPSA) is 78.8 Å². The van der Waals surface area contributed by atoms with Crippen molar-refractivity contribution in [3.63, 3.8) is 0 Å². The number of carbonyl (C=O) groups excluding carboxylic acids is 1. The Morgan fingerprint density at radius 1 is 1.12 bits per heavy atom. The molecule has 2 aromatic rings. The summed E-state index contributed by atoms with van der Waals surface area (Å²) in [5.41, 5.74) is 1.77. The number of hydrogen-bond acceptors (Lipinski definition) is 4. The lowest BCUT2D eigenvalue weighted by molar-refractivity contribution is -0.129. The fraction of sp³-hybridized carbons (Fsp3) is 0.278. The number of aliphatic hydroxyl groups is 1. The predicted octanol–water partition coefficient (Wildman–Crippen LogP) is 3.95. The van der Waals surface area contributed by atoms with E-state index in [1.165, 1.54) is 0 Å². The van der Waals surface area contributed by atoms with E-state index in [1.807, 2.05) is 12.1 Å². The molecule has 0 fully saturated rings. The molecule has 0 spiro atoms. The highest BCUT2D eigenvalue weighted by Gasteiger charge is 2.17. The number of hydrogen-bond donors (Lipinski definition) is 3. The van der Waals surface area contributed by atoms with Gasteiger partial charge in [0.05, 0.1) is 20.5 Å². The summed E-state index contributed by atoms with van der Waals surface area (Å²) in [7, 11) is 1.57. The SMILES string of the molecule is COc1c(Br)cc(CC(O)C(=O)NCCc2ccc(O)c(Br)c2)cc1Br. The van der Waals surface area contributed by atoms with Crippen LogP contribution in [-0.4, -0.2) is 35.9 Å². The first-order chi connectivity index (χ1) is 12.3. The summed E-state index contributed by atoms with van der Waals surface area (Å²) in [6, 6.07) is 8.80. The van der Waals surface area contributed by atoms with Crippen LogP contribution in [0.25, 0.3) is 0 Å². The molecule has 3 N–H and O–H groups in total. The Labute approximate surface area is 177 Å². The number of phenolic OH excluding ortho intramolecular Hbond substituents is 1. The molecule has 0 aliphatic carbocycles. The molecule has 0 aromatic heterocycles. The van der Waals surface area contributed by atoms with Crippen LogP contribution >= 0.6 is 47.8 Å². The number of halogens is 3. The molecule has 0 aliphatic heterocycles. The van der Waals surface area contributed by atoms with Crippen LogP contribution in [0.15, 0.2) is 43.7 Å². The van der Waals surface area contributed by atoms with Crippen molar-refractivity contribution in [1.29, 1.82) is 0 Å². The normalized spacial score (nSPS) is 11.9. The maximum Gasteiger partial charge on any atom is 0.249 e. The van der Waals surface area contributed by atoms with Gasteiger partial charge < -0.3 is 20.3 Å². The highest BCUT2D eigenvalue weighted by atomic mass is 79.9. The fourth-order valence-corrected chi connectivity index (χ4v) is 4.43. The quantitative estimate of drug-likeness (QED) is 0.487. The van der Waals surface area contributed by atoms with E-state index in [0.29, 0.717) is 23.2 Å². The smallest absolute Gasteiger partial charge is 0.249 e. The number of benzene rings is 2. The van der Waals surface area contributed by atoms with E-state index >= 15 is 0 Å². The highest BCUT2D eigenvalue weighted by molar-refractivity contribution is 9.11. The van der Waals surface area contributed by atoms with Gasteiger partial charge in [0.1, 0.15) is 17.6 Å². The second-order valence-electron chi connectivity index (χ2n) is 5.64.